The quantitative estimate of drug-likeness (QED) is 0.521. The standard InChI is InChI=1S/C20H13ClFN3O/c1-11-8-13(9-18(21)24-11)15-10-16-17(26)6-7-23-20(16)25-19(15)12-2-4-14(22)5-3-12/h2-10H,1H3,(H,23,25,26). The van der Waals surface area contributed by atoms with Gasteiger partial charge in [0.1, 0.15) is 16.6 Å². The van der Waals surface area contributed by atoms with Gasteiger partial charge in [-0.1, -0.05) is 11.6 Å². The molecule has 0 aliphatic rings. The lowest BCUT2D eigenvalue weighted by atomic mass is 9.98. The monoisotopic (exact) mass is 365 g/mol. The maximum Gasteiger partial charge on any atom is 0.191 e. The summed E-state index contributed by atoms with van der Waals surface area (Å²) in [7, 11) is 0. The zero-order chi connectivity index (χ0) is 18.3. The molecule has 4 nitrogen and oxygen atoms in total. The minimum atomic E-state index is -0.327. The molecule has 0 aliphatic heterocycles. The molecule has 1 aromatic carbocycles. The predicted octanol–water partition coefficient (Wildman–Crippen LogP) is 4.75. The van der Waals surface area contributed by atoms with Gasteiger partial charge in [0.15, 0.2) is 5.43 Å². The van der Waals surface area contributed by atoms with Crippen molar-refractivity contribution in [2.24, 2.45) is 0 Å². The third-order valence-corrected chi connectivity index (χ3v) is 4.29. The highest BCUT2D eigenvalue weighted by atomic mass is 35.5. The lowest BCUT2D eigenvalue weighted by Gasteiger charge is -2.12. The van der Waals surface area contributed by atoms with Gasteiger partial charge in [0.05, 0.1) is 11.1 Å². The molecule has 0 saturated carbocycles. The van der Waals surface area contributed by atoms with E-state index >= 15 is 0 Å². The van der Waals surface area contributed by atoms with Gasteiger partial charge in [0.2, 0.25) is 0 Å². The molecule has 3 heterocycles. The fourth-order valence-electron chi connectivity index (χ4n) is 2.93. The summed E-state index contributed by atoms with van der Waals surface area (Å²) in [6, 6.07) is 12.9. The fourth-order valence-corrected chi connectivity index (χ4v) is 3.18. The van der Waals surface area contributed by atoms with Crippen molar-refractivity contribution >= 4 is 22.6 Å². The van der Waals surface area contributed by atoms with Crippen LogP contribution in [0.4, 0.5) is 4.39 Å². The Morgan fingerprint density at radius 3 is 2.50 bits per heavy atom. The third kappa shape index (κ3) is 2.97. The van der Waals surface area contributed by atoms with Crippen LogP contribution in [0, 0.1) is 12.7 Å². The van der Waals surface area contributed by atoms with E-state index in [1.54, 1.807) is 30.5 Å². The van der Waals surface area contributed by atoms with Crippen LogP contribution >= 0.6 is 11.6 Å². The molecule has 128 valence electrons. The van der Waals surface area contributed by atoms with E-state index in [1.165, 1.54) is 18.2 Å². The summed E-state index contributed by atoms with van der Waals surface area (Å²) in [4.78, 5) is 24.0. The number of pyridine rings is 3. The summed E-state index contributed by atoms with van der Waals surface area (Å²) in [6.45, 7) is 1.84. The number of nitrogens with one attached hydrogen (secondary N) is 1. The number of rotatable bonds is 2. The van der Waals surface area contributed by atoms with Gasteiger partial charge < -0.3 is 4.98 Å². The number of aryl methyl sites for hydroxylation is 1. The van der Waals surface area contributed by atoms with Crippen molar-refractivity contribution in [3.05, 3.63) is 81.6 Å². The number of hydrogen-bond acceptors (Lipinski definition) is 3. The second-order valence-corrected chi connectivity index (χ2v) is 6.34. The van der Waals surface area contributed by atoms with Gasteiger partial charge in [-0.2, -0.15) is 0 Å². The van der Waals surface area contributed by atoms with Crippen molar-refractivity contribution in [1.29, 1.82) is 0 Å². The number of hydrogen-bond donors (Lipinski definition) is 1. The summed E-state index contributed by atoms with van der Waals surface area (Å²) in [6.07, 6.45) is 1.55. The Morgan fingerprint density at radius 2 is 1.77 bits per heavy atom. The number of nitrogens with zero attached hydrogens (tertiary/aromatic N) is 2. The van der Waals surface area contributed by atoms with Gasteiger partial charge in [-0.15, -0.1) is 0 Å². The molecule has 0 saturated heterocycles. The molecule has 26 heavy (non-hydrogen) atoms. The van der Waals surface area contributed by atoms with Crippen molar-refractivity contribution in [2.75, 3.05) is 0 Å². The molecule has 0 unspecified atom stereocenters. The molecule has 0 atom stereocenters. The Kier molecular flexibility index (Phi) is 4.01. The summed E-state index contributed by atoms with van der Waals surface area (Å²) < 4.78 is 13.3. The van der Waals surface area contributed by atoms with Crippen LogP contribution in [0.2, 0.25) is 5.15 Å². The van der Waals surface area contributed by atoms with Crippen LogP contribution in [0.3, 0.4) is 0 Å². The number of aromatic amines is 1. The summed E-state index contributed by atoms with van der Waals surface area (Å²) in [5, 5.41) is 0.825. The van der Waals surface area contributed by atoms with E-state index in [4.69, 9.17) is 11.6 Å². The zero-order valence-electron chi connectivity index (χ0n) is 13.8. The lowest BCUT2D eigenvalue weighted by Crippen LogP contribution is -2.03. The van der Waals surface area contributed by atoms with Crippen LogP contribution in [0.1, 0.15) is 5.69 Å². The van der Waals surface area contributed by atoms with Crippen LogP contribution in [0.25, 0.3) is 33.4 Å². The Labute approximate surface area is 153 Å². The molecule has 1 N–H and O–H groups in total. The number of fused-ring (bicyclic) bond motifs is 1. The molecular weight excluding hydrogens is 353 g/mol. The molecular formula is C20H13ClFN3O. The molecule has 0 spiro atoms. The Balaban J connectivity index is 2.08. The number of H-pyrrole nitrogens is 1. The normalized spacial score (nSPS) is 11.0. The first kappa shape index (κ1) is 16.4. The van der Waals surface area contributed by atoms with E-state index in [0.29, 0.717) is 21.9 Å². The topological polar surface area (TPSA) is 58.6 Å². The Hall–Kier alpha value is -3.05. The van der Waals surface area contributed by atoms with Crippen molar-refractivity contribution < 1.29 is 4.39 Å². The SMILES string of the molecule is Cc1cc(-c2cc3c(=O)cc[nH]c3nc2-c2ccc(F)cc2)cc(Cl)n1. The lowest BCUT2D eigenvalue weighted by molar-refractivity contribution is 0.628. The van der Waals surface area contributed by atoms with E-state index in [0.717, 1.165) is 22.4 Å². The third-order valence-electron chi connectivity index (χ3n) is 4.09. The van der Waals surface area contributed by atoms with Gasteiger partial charge >= 0.3 is 0 Å². The second kappa shape index (κ2) is 6.35. The van der Waals surface area contributed by atoms with Crippen molar-refractivity contribution in [1.82, 2.24) is 15.0 Å². The van der Waals surface area contributed by atoms with Gasteiger partial charge in [0, 0.05) is 29.1 Å². The average Bonchev–Trinajstić information content (AvgIpc) is 2.61. The van der Waals surface area contributed by atoms with E-state index in [-0.39, 0.29) is 11.2 Å². The predicted molar refractivity (Wildman–Crippen MR) is 101 cm³/mol. The van der Waals surface area contributed by atoms with Crippen LogP contribution in [0.15, 0.2) is 59.5 Å². The summed E-state index contributed by atoms with van der Waals surface area (Å²) in [5.41, 5.74) is 3.97. The first-order valence-corrected chi connectivity index (χ1v) is 8.32. The first-order chi connectivity index (χ1) is 12.5. The average molecular weight is 366 g/mol. The van der Waals surface area contributed by atoms with Crippen LogP contribution < -0.4 is 5.43 Å². The van der Waals surface area contributed by atoms with Gasteiger partial charge in [-0.25, -0.2) is 14.4 Å². The zero-order valence-corrected chi connectivity index (χ0v) is 14.5. The largest absolute Gasteiger partial charge is 0.346 e. The molecule has 6 heteroatoms. The van der Waals surface area contributed by atoms with Crippen molar-refractivity contribution in [3.63, 3.8) is 0 Å². The van der Waals surface area contributed by atoms with E-state index in [1.807, 2.05) is 13.0 Å². The van der Waals surface area contributed by atoms with Crippen LogP contribution in [-0.2, 0) is 0 Å². The first-order valence-electron chi connectivity index (χ1n) is 7.94. The summed E-state index contributed by atoms with van der Waals surface area (Å²) >= 11 is 6.12. The van der Waals surface area contributed by atoms with Crippen LogP contribution in [0.5, 0.6) is 0 Å². The maximum absolute atomic E-state index is 13.3. The molecule has 0 radical (unpaired) electrons. The Bertz CT molecular complexity index is 1170. The van der Waals surface area contributed by atoms with Crippen LogP contribution in [-0.4, -0.2) is 15.0 Å². The molecule has 3 aromatic heterocycles. The molecule has 4 rings (SSSR count). The van der Waals surface area contributed by atoms with Gasteiger partial charge in [-0.3, -0.25) is 4.79 Å². The second-order valence-electron chi connectivity index (χ2n) is 5.95. The minimum absolute atomic E-state index is 0.130. The van der Waals surface area contributed by atoms with E-state index < -0.39 is 0 Å². The van der Waals surface area contributed by atoms with Gasteiger partial charge in [-0.05, 0) is 55.0 Å². The molecule has 0 amide bonds. The number of benzene rings is 1. The highest BCUT2D eigenvalue weighted by Gasteiger charge is 2.14. The van der Waals surface area contributed by atoms with Crippen molar-refractivity contribution in [2.45, 2.75) is 6.92 Å². The molecule has 0 bridgehead atoms. The highest BCUT2D eigenvalue weighted by Crippen LogP contribution is 2.33. The van der Waals surface area contributed by atoms with E-state index in [9.17, 15) is 9.18 Å². The smallest absolute Gasteiger partial charge is 0.191 e. The minimum Gasteiger partial charge on any atom is -0.346 e. The molecule has 0 aliphatic carbocycles. The maximum atomic E-state index is 13.3. The Morgan fingerprint density at radius 1 is 1.00 bits per heavy atom. The highest BCUT2D eigenvalue weighted by molar-refractivity contribution is 6.29. The number of halogens is 2. The molecule has 4 aromatic rings. The summed E-state index contributed by atoms with van der Waals surface area (Å²) in [5.74, 6) is -0.327. The number of aromatic nitrogens is 3. The van der Waals surface area contributed by atoms with Crippen molar-refractivity contribution in [3.8, 4) is 22.4 Å². The van der Waals surface area contributed by atoms with E-state index in [2.05, 4.69) is 15.0 Å². The fraction of sp³-hybridized carbons (Fsp3) is 0.0500. The van der Waals surface area contributed by atoms with Gasteiger partial charge in [0.25, 0.3) is 0 Å². The molecule has 0 fully saturated rings.